The van der Waals surface area contributed by atoms with Crippen LogP contribution in [0.3, 0.4) is 0 Å². The van der Waals surface area contributed by atoms with E-state index in [9.17, 15) is 4.79 Å². The lowest BCUT2D eigenvalue weighted by Crippen LogP contribution is -2.44. The van der Waals surface area contributed by atoms with E-state index in [0.29, 0.717) is 5.92 Å². The van der Waals surface area contributed by atoms with Crippen molar-refractivity contribution in [2.75, 3.05) is 18.4 Å². The zero-order valence-corrected chi connectivity index (χ0v) is 12.0. The fraction of sp³-hybridized carbons (Fsp3) is 0.500. The van der Waals surface area contributed by atoms with E-state index in [0.717, 1.165) is 29.7 Å². The molecule has 1 saturated carbocycles. The summed E-state index contributed by atoms with van der Waals surface area (Å²) in [4.78, 5) is 15.1. The molecular weight excluding hydrogens is 264 g/mol. The third-order valence-electron chi connectivity index (χ3n) is 4.61. The standard InChI is InChI=1S/C16H20N4O/c21-16(15(11-6-7-11)20-8-1-2-9-20)18-13-5-3-4-12-10-17-19-14(12)13/h3-5,10-11,15H,1-2,6-9H2,(H,17,19)(H,18,21)/t15-/m0/s1. The number of likely N-dealkylation sites (tertiary alicyclic amines) is 1. The summed E-state index contributed by atoms with van der Waals surface area (Å²) in [6.45, 7) is 2.12. The van der Waals surface area contributed by atoms with Crippen LogP contribution in [-0.4, -0.2) is 40.1 Å². The van der Waals surface area contributed by atoms with Gasteiger partial charge in [-0.3, -0.25) is 14.8 Å². The van der Waals surface area contributed by atoms with Crippen LogP contribution < -0.4 is 5.32 Å². The summed E-state index contributed by atoms with van der Waals surface area (Å²) in [6, 6.07) is 5.93. The molecule has 110 valence electrons. The van der Waals surface area contributed by atoms with Crippen molar-refractivity contribution in [3.05, 3.63) is 24.4 Å². The number of H-pyrrole nitrogens is 1. The minimum absolute atomic E-state index is 0.0469. The van der Waals surface area contributed by atoms with Gasteiger partial charge >= 0.3 is 0 Å². The fourth-order valence-electron chi connectivity index (χ4n) is 3.39. The quantitative estimate of drug-likeness (QED) is 0.906. The maximum Gasteiger partial charge on any atom is 0.242 e. The molecule has 21 heavy (non-hydrogen) atoms. The number of nitrogens with zero attached hydrogens (tertiary/aromatic N) is 2. The minimum atomic E-state index is 0.0469. The Morgan fingerprint density at radius 2 is 2.14 bits per heavy atom. The van der Waals surface area contributed by atoms with Gasteiger partial charge in [-0.25, -0.2) is 0 Å². The highest BCUT2D eigenvalue weighted by Crippen LogP contribution is 2.37. The molecule has 1 aromatic heterocycles. The molecule has 1 saturated heterocycles. The van der Waals surface area contributed by atoms with Gasteiger partial charge < -0.3 is 5.32 Å². The Morgan fingerprint density at radius 3 is 2.90 bits per heavy atom. The van der Waals surface area contributed by atoms with Crippen LogP contribution in [0.1, 0.15) is 25.7 Å². The molecule has 2 heterocycles. The van der Waals surface area contributed by atoms with Gasteiger partial charge in [0.2, 0.25) is 5.91 Å². The van der Waals surface area contributed by atoms with Crippen LogP contribution in [0.2, 0.25) is 0 Å². The molecule has 5 heteroatoms. The SMILES string of the molecule is O=C(Nc1cccc2cn[nH]c12)[C@H](C1CC1)N1CCCC1. The highest BCUT2D eigenvalue weighted by atomic mass is 16.2. The van der Waals surface area contributed by atoms with Crippen LogP contribution in [0.4, 0.5) is 5.69 Å². The van der Waals surface area contributed by atoms with Crippen LogP contribution in [0.25, 0.3) is 10.9 Å². The molecule has 0 spiro atoms. The number of hydrogen-bond acceptors (Lipinski definition) is 3. The number of anilines is 1. The first-order chi connectivity index (χ1) is 10.3. The van der Waals surface area contributed by atoms with E-state index in [1.165, 1.54) is 25.7 Å². The monoisotopic (exact) mass is 284 g/mol. The first kappa shape index (κ1) is 12.8. The first-order valence-electron chi connectivity index (χ1n) is 7.80. The second-order valence-corrected chi connectivity index (χ2v) is 6.15. The van der Waals surface area contributed by atoms with Crippen molar-refractivity contribution in [2.24, 2.45) is 5.92 Å². The van der Waals surface area contributed by atoms with Gasteiger partial charge in [0.25, 0.3) is 0 Å². The molecule has 5 nitrogen and oxygen atoms in total. The Morgan fingerprint density at radius 1 is 1.33 bits per heavy atom. The zero-order chi connectivity index (χ0) is 14.2. The molecule has 2 fully saturated rings. The van der Waals surface area contributed by atoms with E-state index in [1.807, 2.05) is 18.2 Å². The van der Waals surface area contributed by atoms with Crippen molar-refractivity contribution >= 4 is 22.5 Å². The van der Waals surface area contributed by atoms with E-state index in [2.05, 4.69) is 20.4 Å². The molecule has 1 amide bonds. The Bertz CT molecular complexity index is 655. The summed E-state index contributed by atoms with van der Waals surface area (Å²) >= 11 is 0. The third kappa shape index (κ3) is 2.42. The molecular formula is C16H20N4O. The van der Waals surface area contributed by atoms with Gasteiger partial charge in [0.15, 0.2) is 0 Å². The average molecular weight is 284 g/mol. The van der Waals surface area contributed by atoms with E-state index >= 15 is 0 Å². The zero-order valence-electron chi connectivity index (χ0n) is 12.0. The summed E-state index contributed by atoms with van der Waals surface area (Å²) in [7, 11) is 0. The van der Waals surface area contributed by atoms with Gasteiger partial charge in [0.05, 0.1) is 23.4 Å². The Balaban J connectivity index is 1.57. The summed E-state index contributed by atoms with van der Waals surface area (Å²) in [5, 5.41) is 11.2. The summed E-state index contributed by atoms with van der Waals surface area (Å²) < 4.78 is 0. The van der Waals surface area contributed by atoms with E-state index in [-0.39, 0.29) is 11.9 Å². The molecule has 4 rings (SSSR count). The normalized spacial score (nSPS) is 20.8. The molecule has 2 aromatic rings. The number of aromatic nitrogens is 2. The van der Waals surface area contributed by atoms with Crippen molar-refractivity contribution in [2.45, 2.75) is 31.7 Å². The van der Waals surface area contributed by atoms with E-state index in [4.69, 9.17) is 0 Å². The van der Waals surface area contributed by atoms with Crippen LogP contribution in [-0.2, 0) is 4.79 Å². The lowest BCUT2D eigenvalue weighted by atomic mass is 10.1. The van der Waals surface area contributed by atoms with Crippen molar-refractivity contribution in [1.82, 2.24) is 15.1 Å². The fourth-order valence-corrected chi connectivity index (χ4v) is 3.39. The van der Waals surface area contributed by atoms with Crippen molar-refractivity contribution in [1.29, 1.82) is 0 Å². The van der Waals surface area contributed by atoms with Crippen LogP contribution in [0.5, 0.6) is 0 Å². The number of hydrogen-bond donors (Lipinski definition) is 2. The largest absolute Gasteiger partial charge is 0.323 e. The maximum atomic E-state index is 12.8. The molecule has 1 aliphatic heterocycles. The van der Waals surface area contributed by atoms with Gasteiger partial charge in [-0.05, 0) is 50.8 Å². The number of carbonyl (C=O) groups excluding carboxylic acids is 1. The summed E-state index contributed by atoms with van der Waals surface area (Å²) in [5.74, 6) is 0.686. The summed E-state index contributed by atoms with van der Waals surface area (Å²) in [5.41, 5.74) is 1.74. The third-order valence-corrected chi connectivity index (χ3v) is 4.61. The lowest BCUT2D eigenvalue weighted by molar-refractivity contribution is -0.121. The number of carbonyl (C=O) groups is 1. The molecule has 0 radical (unpaired) electrons. The predicted molar refractivity (Wildman–Crippen MR) is 82.0 cm³/mol. The average Bonchev–Trinajstić information content (AvgIpc) is 2.99. The second kappa shape index (κ2) is 5.15. The number of aromatic amines is 1. The molecule has 2 aliphatic rings. The van der Waals surface area contributed by atoms with Crippen molar-refractivity contribution < 1.29 is 4.79 Å². The van der Waals surface area contributed by atoms with Gasteiger partial charge in [-0.15, -0.1) is 0 Å². The second-order valence-electron chi connectivity index (χ2n) is 6.15. The molecule has 0 bridgehead atoms. The van der Waals surface area contributed by atoms with Crippen LogP contribution in [0.15, 0.2) is 24.4 Å². The smallest absolute Gasteiger partial charge is 0.242 e. The van der Waals surface area contributed by atoms with Crippen LogP contribution in [0, 0.1) is 5.92 Å². The van der Waals surface area contributed by atoms with Gasteiger partial charge in [0.1, 0.15) is 0 Å². The highest BCUT2D eigenvalue weighted by molar-refractivity contribution is 6.02. The molecule has 2 N–H and O–H groups in total. The number of para-hydroxylation sites is 1. The molecule has 0 unspecified atom stereocenters. The Labute approximate surface area is 123 Å². The molecule has 1 aliphatic carbocycles. The number of amides is 1. The summed E-state index contributed by atoms with van der Waals surface area (Å²) in [6.07, 6.45) is 6.58. The van der Waals surface area contributed by atoms with Gasteiger partial charge in [-0.1, -0.05) is 12.1 Å². The number of benzene rings is 1. The molecule has 1 atom stereocenters. The lowest BCUT2D eigenvalue weighted by Gasteiger charge is -2.26. The molecule has 1 aromatic carbocycles. The number of fused-ring (bicyclic) bond motifs is 1. The van der Waals surface area contributed by atoms with Crippen molar-refractivity contribution in [3.63, 3.8) is 0 Å². The van der Waals surface area contributed by atoms with E-state index < -0.39 is 0 Å². The van der Waals surface area contributed by atoms with E-state index in [1.54, 1.807) is 6.20 Å². The van der Waals surface area contributed by atoms with Gasteiger partial charge in [0, 0.05) is 5.39 Å². The first-order valence-corrected chi connectivity index (χ1v) is 7.80. The van der Waals surface area contributed by atoms with Crippen LogP contribution >= 0.6 is 0 Å². The number of nitrogens with one attached hydrogen (secondary N) is 2. The van der Waals surface area contributed by atoms with Crippen molar-refractivity contribution in [3.8, 4) is 0 Å². The number of rotatable bonds is 4. The Kier molecular flexibility index (Phi) is 3.15. The topological polar surface area (TPSA) is 61.0 Å². The maximum absolute atomic E-state index is 12.8. The minimum Gasteiger partial charge on any atom is -0.323 e. The Hall–Kier alpha value is -1.88. The highest BCUT2D eigenvalue weighted by Gasteiger charge is 2.40. The van der Waals surface area contributed by atoms with Gasteiger partial charge in [-0.2, -0.15) is 5.10 Å². The predicted octanol–water partition coefficient (Wildman–Crippen LogP) is 2.38.